The van der Waals surface area contributed by atoms with Gasteiger partial charge in [0.2, 0.25) is 0 Å². The molecule has 0 aliphatic heterocycles. The average Bonchev–Trinajstić information content (AvgIpc) is 2.55. The predicted octanol–water partition coefficient (Wildman–Crippen LogP) is 5.39. The first-order valence-corrected chi connectivity index (χ1v) is 9.19. The Labute approximate surface area is 156 Å². The van der Waals surface area contributed by atoms with Crippen molar-refractivity contribution < 1.29 is 4.74 Å². The number of thiocarbonyl (C=S) groups is 1. The molecule has 0 radical (unpaired) electrons. The van der Waals surface area contributed by atoms with Gasteiger partial charge in [-0.3, -0.25) is 0 Å². The van der Waals surface area contributed by atoms with Gasteiger partial charge in [0.05, 0.1) is 18.3 Å². The van der Waals surface area contributed by atoms with Gasteiger partial charge < -0.3 is 15.4 Å². The monoisotopic (exact) mass is 356 g/mol. The number of nitrogens with one attached hydrogen (secondary N) is 2. The molecule has 0 aliphatic rings. The maximum absolute atomic E-state index is 5.66. The largest absolute Gasteiger partial charge is 0.492 e. The van der Waals surface area contributed by atoms with Crippen molar-refractivity contribution in [2.45, 2.75) is 40.7 Å². The molecule has 2 aromatic carbocycles. The highest BCUT2D eigenvalue weighted by Gasteiger charge is 2.19. The van der Waals surface area contributed by atoms with E-state index < -0.39 is 0 Å². The third-order valence-corrected chi connectivity index (χ3v) is 4.37. The van der Waals surface area contributed by atoms with Crippen LogP contribution in [0, 0.1) is 19.8 Å². The number of hydrogen-bond donors (Lipinski definition) is 2. The number of ether oxygens (including phenoxy) is 1. The van der Waals surface area contributed by atoms with Crippen LogP contribution in [0.15, 0.2) is 42.5 Å². The maximum Gasteiger partial charge on any atom is 0.171 e. The van der Waals surface area contributed by atoms with Gasteiger partial charge in [0, 0.05) is 0 Å². The summed E-state index contributed by atoms with van der Waals surface area (Å²) in [6, 6.07) is 14.6. The van der Waals surface area contributed by atoms with Crippen LogP contribution in [-0.4, -0.2) is 11.7 Å². The third-order valence-electron chi connectivity index (χ3n) is 4.15. The quantitative estimate of drug-likeness (QED) is 0.680. The molecule has 2 rings (SSSR count). The van der Waals surface area contributed by atoms with E-state index in [0.717, 1.165) is 11.4 Å². The van der Waals surface area contributed by atoms with Crippen molar-refractivity contribution in [2.75, 3.05) is 11.9 Å². The van der Waals surface area contributed by atoms with Crippen LogP contribution in [-0.2, 0) is 0 Å². The molecule has 0 heterocycles. The maximum atomic E-state index is 5.66. The van der Waals surface area contributed by atoms with Gasteiger partial charge in [-0.1, -0.05) is 49.7 Å². The van der Waals surface area contributed by atoms with Crippen molar-refractivity contribution in [3.8, 4) is 5.75 Å². The number of hydrogen-bond acceptors (Lipinski definition) is 2. The highest BCUT2D eigenvalue weighted by Crippen LogP contribution is 2.27. The number of anilines is 1. The van der Waals surface area contributed by atoms with Crippen LogP contribution in [0.25, 0.3) is 0 Å². The van der Waals surface area contributed by atoms with E-state index in [1.807, 2.05) is 31.2 Å². The lowest BCUT2D eigenvalue weighted by Gasteiger charge is -2.26. The molecule has 0 spiro atoms. The number of para-hydroxylation sites is 2. The first-order chi connectivity index (χ1) is 11.9. The summed E-state index contributed by atoms with van der Waals surface area (Å²) in [5.74, 6) is 1.21. The second-order valence-corrected chi connectivity index (χ2v) is 7.02. The molecule has 2 aromatic rings. The zero-order chi connectivity index (χ0) is 18.4. The Bertz CT molecular complexity index is 728. The molecule has 0 saturated carbocycles. The number of aryl methyl sites for hydroxylation is 2. The minimum atomic E-state index is 0.153. The fourth-order valence-corrected chi connectivity index (χ4v) is 3.17. The Hall–Kier alpha value is -2.07. The molecule has 0 unspecified atom stereocenters. The van der Waals surface area contributed by atoms with E-state index in [4.69, 9.17) is 17.0 Å². The summed E-state index contributed by atoms with van der Waals surface area (Å²) in [5.41, 5.74) is 4.71. The second kappa shape index (κ2) is 8.86. The summed E-state index contributed by atoms with van der Waals surface area (Å²) in [7, 11) is 0. The second-order valence-electron chi connectivity index (χ2n) is 6.61. The van der Waals surface area contributed by atoms with Gasteiger partial charge in [0.25, 0.3) is 0 Å². The van der Waals surface area contributed by atoms with E-state index in [9.17, 15) is 0 Å². The Morgan fingerprint density at radius 3 is 2.48 bits per heavy atom. The van der Waals surface area contributed by atoms with Crippen molar-refractivity contribution in [2.24, 2.45) is 5.92 Å². The number of benzene rings is 2. The lowest BCUT2D eigenvalue weighted by Crippen LogP contribution is -2.35. The van der Waals surface area contributed by atoms with Crippen molar-refractivity contribution in [3.05, 3.63) is 59.2 Å². The van der Waals surface area contributed by atoms with E-state index in [0.29, 0.717) is 17.6 Å². The Morgan fingerprint density at radius 2 is 1.84 bits per heavy atom. The lowest BCUT2D eigenvalue weighted by atomic mass is 9.92. The van der Waals surface area contributed by atoms with Gasteiger partial charge in [-0.2, -0.15) is 0 Å². The highest BCUT2D eigenvalue weighted by molar-refractivity contribution is 7.80. The van der Waals surface area contributed by atoms with Gasteiger partial charge in [-0.25, -0.2) is 0 Å². The molecule has 0 fully saturated rings. The Kier molecular flexibility index (Phi) is 6.82. The SMILES string of the molecule is CCOc1ccccc1NC(=S)N[C@H](c1ccc(C)cc1C)C(C)C. The van der Waals surface area contributed by atoms with Crippen molar-refractivity contribution in [1.29, 1.82) is 0 Å². The van der Waals surface area contributed by atoms with E-state index in [2.05, 4.69) is 56.5 Å². The minimum Gasteiger partial charge on any atom is -0.492 e. The molecule has 0 bridgehead atoms. The van der Waals surface area contributed by atoms with Gasteiger partial charge in [0.1, 0.15) is 5.75 Å². The molecule has 0 amide bonds. The van der Waals surface area contributed by atoms with Crippen LogP contribution in [0.3, 0.4) is 0 Å². The zero-order valence-electron chi connectivity index (χ0n) is 15.7. The third kappa shape index (κ3) is 5.20. The Balaban J connectivity index is 2.16. The van der Waals surface area contributed by atoms with E-state index >= 15 is 0 Å². The van der Waals surface area contributed by atoms with Crippen LogP contribution in [0.1, 0.15) is 43.5 Å². The van der Waals surface area contributed by atoms with Crippen LogP contribution in [0.2, 0.25) is 0 Å². The topological polar surface area (TPSA) is 33.3 Å². The molecule has 0 saturated heterocycles. The fourth-order valence-electron chi connectivity index (χ4n) is 2.93. The first kappa shape index (κ1) is 19.3. The molecule has 4 heteroatoms. The molecule has 1 atom stereocenters. The first-order valence-electron chi connectivity index (χ1n) is 8.78. The summed E-state index contributed by atoms with van der Waals surface area (Å²) >= 11 is 5.57. The van der Waals surface area contributed by atoms with E-state index in [1.54, 1.807) is 0 Å². The minimum absolute atomic E-state index is 0.153. The zero-order valence-corrected chi connectivity index (χ0v) is 16.5. The molecule has 0 aliphatic carbocycles. The van der Waals surface area contributed by atoms with E-state index in [-0.39, 0.29) is 6.04 Å². The molecule has 134 valence electrons. The predicted molar refractivity (Wildman–Crippen MR) is 110 cm³/mol. The molecular weight excluding hydrogens is 328 g/mol. The summed E-state index contributed by atoms with van der Waals surface area (Å²) in [5, 5.41) is 7.35. The summed E-state index contributed by atoms with van der Waals surface area (Å²) in [4.78, 5) is 0. The van der Waals surface area contributed by atoms with Crippen LogP contribution < -0.4 is 15.4 Å². The van der Waals surface area contributed by atoms with Gasteiger partial charge in [0.15, 0.2) is 5.11 Å². The molecule has 3 nitrogen and oxygen atoms in total. The summed E-state index contributed by atoms with van der Waals surface area (Å²) in [6.45, 7) is 11.3. The molecular formula is C21H28N2OS. The fraction of sp³-hybridized carbons (Fsp3) is 0.381. The van der Waals surface area contributed by atoms with Crippen molar-refractivity contribution in [1.82, 2.24) is 5.32 Å². The van der Waals surface area contributed by atoms with Gasteiger partial charge in [-0.05, 0) is 62.2 Å². The number of rotatable bonds is 6. The molecule has 25 heavy (non-hydrogen) atoms. The van der Waals surface area contributed by atoms with Crippen LogP contribution in [0.4, 0.5) is 5.69 Å². The highest BCUT2D eigenvalue weighted by atomic mass is 32.1. The summed E-state index contributed by atoms with van der Waals surface area (Å²) in [6.07, 6.45) is 0. The normalized spacial score (nSPS) is 11.9. The smallest absolute Gasteiger partial charge is 0.171 e. The molecule has 0 aromatic heterocycles. The standard InChI is InChI=1S/C21H28N2OS/c1-6-24-19-10-8-7-9-18(19)22-21(25)23-20(14(2)3)17-12-11-15(4)13-16(17)5/h7-14,20H,6H2,1-5H3,(H2,22,23,25)/t20-/m0/s1. The summed E-state index contributed by atoms with van der Waals surface area (Å²) < 4.78 is 5.66. The van der Waals surface area contributed by atoms with Crippen LogP contribution >= 0.6 is 12.2 Å². The van der Waals surface area contributed by atoms with Crippen LogP contribution in [0.5, 0.6) is 5.75 Å². The van der Waals surface area contributed by atoms with E-state index in [1.165, 1.54) is 16.7 Å². The van der Waals surface area contributed by atoms with Gasteiger partial charge >= 0.3 is 0 Å². The van der Waals surface area contributed by atoms with Gasteiger partial charge in [-0.15, -0.1) is 0 Å². The van der Waals surface area contributed by atoms with Crippen molar-refractivity contribution >= 4 is 23.0 Å². The Morgan fingerprint density at radius 1 is 1.12 bits per heavy atom. The van der Waals surface area contributed by atoms with Crippen molar-refractivity contribution in [3.63, 3.8) is 0 Å². The lowest BCUT2D eigenvalue weighted by molar-refractivity contribution is 0.342. The average molecular weight is 357 g/mol. The molecule has 2 N–H and O–H groups in total.